The van der Waals surface area contributed by atoms with Crippen LogP contribution in [0.3, 0.4) is 0 Å². The summed E-state index contributed by atoms with van der Waals surface area (Å²) in [4.78, 5) is 0. The third-order valence-electron chi connectivity index (χ3n) is 2.75. The lowest BCUT2D eigenvalue weighted by Gasteiger charge is -2.26. The van der Waals surface area contributed by atoms with E-state index >= 15 is 0 Å². The molecule has 12 heavy (non-hydrogen) atoms. The highest BCUT2D eigenvalue weighted by molar-refractivity contribution is 6.31. The lowest BCUT2D eigenvalue weighted by molar-refractivity contribution is 0.339. The molecular weight excluding hydrogens is 168 g/mol. The standard InChI is InChI=1S/C11H19Cl/c1-5-10(12)9-11(6-2,7-3)8-4/h5,9H,1,6-8H2,2-4H3/b10-9-. The molecule has 0 aliphatic heterocycles. The molecule has 0 radical (unpaired) electrons. The quantitative estimate of drug-likeness (QED) is 0.555. The van der Waals surface area contributed by atoms with Crippen LogP contribution in [0.2, 0.25) is 0 Å². The second kappa shape index (κ2) is 5.42. The molecule has 0 nitrogen and oxygen atoms in total. The molecule has 0 unspecified atom stereocenters. The van der Waals surface area contributed by atoms with Gasteiger partial charge in [0.1, 0.15) is 0 Å². The van der Waals surface area contributed by atoms with Crippen molar-refractivity contribution in [1.82, 2.24) is 0 Å². The van der Waals surface area contributed by atoms with Crippen LogP contribution in [-0.4, -0.2) is 0 Å². The van der Waals surface area contributed by atoms with Crippen LogP contribution in [0, 0.1) is 5.41 Å². The zero-order valence-electron chi connectivity index (χ0n) is 8.36. The molecule has 0 fully saturated rings. The van der Waals surface area contributed by atoms with E-state index in [1.165, 1.54) is 0 Å². The zero-order chi connectivity index (χ0) is 9.61. The Morgan fingerprint density at radius 3 is 1.92 bits per heavy atom. The molecule has 70 valence electrons. The van der Waals surface area contributed by atoms with Crippen molar-refractivity contribution < 1.29 is 0 Å². The van der Waals surface area contributed by atoms with Crippen molar-refractivity contribution in [3.8, 4) is 0 Å². The molecule has 0 atom stereocenters. The summed E-state index contributed by atoms with van der Waals surface area (Å²) < 4.78 is 0. The number of halogens is 1. The molecule has 0 N–H and O–H groups in total. The third-order valence-corrected chi connectivity index (χ3v) is 3.01. The second-order valence-electron chi connectivity index (χ2n) is 3.16. The summed E-state index contributed by atoms with van der Waals surface area (Å²) in [6.45, 7) is 10.3. The SMILES string of the molecule is C=C/C(Cl)=C/C(CC)(CC)CC. The molecule has 0 aromatic heterocycles. The molecule has 0 aromatic rings. The summed E-state index contributed by atoms with van der Waals surface area (Å²) >= 11 is 5.93. The number of hydrogen-bond acceptors (Lipinski definition) is 0. The molecule has 0 aliphatic carbocycles. The number of hydrogen-bond donors (Lipinski definition) is 0. The summed E-state index contributed by atoms with van der Waals surface area (Å²) in [5.74, 6) is 0. The fourth-order valence-corrected chi connectivity index (χ4v) is 1.64. The van der Waals surface area contributed by atoms with E-state index in [4.69, 9.17) is 11.6 Å². The predicted octanol–water partition coefficient (Wildman–Crippen LogP) is 4.51. The Morgan fingerprint density at radius 1 is 1.25 bits per heavy atom. The smallest absolute Gasteiger partial charge is 0.0365 e. The summed E-state index contributed by atoms with van der Waals surface area (Å²) in [6.07, 6.45) is 7.27. The maximum absolute atomic E-state index is 5.93. The van der Waals surface area contributed by atoms with Gasteiger partial charge in [-0.1, -0.05) is 51.1 Å². The average Bonchev–Trinajstić information content (AvgIpc) is 2.14. The number of rotatable bonds is 5. The number of allylic oxidation sites excluding steroid dienone is 3. The van der Waals surface area contributed by atoms with Crippen molar-refractivity contribution in [2.75, 3.05) is 0 Å². The van der Waals surface area contributed by atoms with Crippen molar-refractivity contribution in [1.29, 1.82) is 0 Å². The zero-order valence-corrected chi connectivity index (χ0v) is 9.12. The molecule has 0 aromatic carbocycles. The highest BCUT2D eigenvalue weighted by atomic mass is 35.5. The van der Waals surface area contributed by atoms with Gasteiger partial charge in [0.05, 0.1) is 0 Å². The normalized spacial score (nSPS) is 13.2. The van der Waals surface area contributed by atoms with E-state index in [1.54, 1.807) is 6.08 Å². The Kier molecular flexibility index (Phi) is 5.32. The van der Waals surface area contributed by atoms with Gasteiger partial charge in [-0.15, -0.1) is 0 Å². The Balaban J connectivity index is 4.60. The molecule has 0 amide bonds. The van der Waals surface area contributed by atoms with Crippen molar-refractivity contribution in [3.05, 3.63) is 23.8 Å². The van der Waals surface area contributed by atoms with Gasteiger partial charge in [-0.2, -0.15) is 0 Å². The Hall–Kier alpha value is -0.230. The Labute approximate surface area is 81.3 Å². The summed E-state index contributed by atoms with van der Waals surface area (Å²) in [6, 6.07) is 0. The first-order chi connectivity index (χ1) is 5.64. The maximum atomic E-state index is 5.93. The summed E-state index contributed by atoms with van der Waals surface area (Å²) in [5.41, 5.74) is 0.283. The van der Waals surface area contributed by atoms with E-state index in [9.17, 15) is 0 Å². The van der Waals surface area contributed by atoms with Crippen molar-refractivity contribution in [3.63, 3.8) is 0 Å². The molecule has 0 saturated carbocycles. The second-order valence-corrected chi connectivity index (χ2v) is 3.59. The van der Waals surface area contributed by atoms with Gasteiger partial charge in [0, 0.05) is 5.03 Å². The van der Waals surface area contributed by atoms with Crippen molar-refractivity contribution in [2.24, 2.45) is 5.41 Å². The first-order valence-electron chi connectivity index (χ1n) is 4.65. The molecular formula is C11H19Cl. The van der Waals surface area contributed by atoms with Crippen molar-refractivity contribution in [2.45, 2.75) is 40.0 Å². The van der Waals surface area contributed by atoms with Crippen LogP contribution in [0.4, 0.5) is 0 Å². The van der Waals surface area contributed by atoms with Gasteiger partial charge in [-0.25, -0.2) is 0 Å². The lowest BCUT2D eigenvalue weighted by Crippen LogP contribution is -2.14. The summed E-state index contributed by atoms with van der Waals surface area (Å²) in [5, 5.41) is 0.778. The highest BCUT2D eigenvalue weighted by Gasteiger charge is 2.20. The topological polar surface area (TPSA) is 0 Å². The highest BCUT2D eigenvalue weighted by Crippen LogP contribution is 2.33. The molecule has 0 saturated heterocycles. The lowest BCUT2D eigenvalue weighted by atomic mass is 9.79. The van der Waals surface area contributed by atoms with Gasteiger partial charge in [0.15, 0.2) is 0 Å². The van der Waals surface area contributed by atoms with Gasteiger partial charge in [0.25, 0.3) is 0 Å². The fraction of sp³-hybridized carbons (Fsp3) is 0.636. The molecule has 1 heteroatoms. The Morgan fingerprint density at radius 2 is 1.67 bits per heavy atom. The fourth-order valence-electron chi connectivity index (χ4n) is 1.41. The predicted molar refractivity (Wildman–Crippen MR) is 57.4 cm³/mol. The van der Waals surface area contributed by atoms with Gasteiger partial charge in [-0.05, 0) is 24.7 Å². The Bertz CT molecular complexity index is 156. The van der Waals surface area contributed by atoms with Crippen LogP contribution < -0.4 is 0 Å². The van der Waals surface area contributed by atoms with E-state index in [2.05, 4.69) is 33.4 Å². The van der Waals surface area contributed by atoms with Gasteiger partial charge in [0.2, 0.25) is 0 Å². The van der Waals surface area contributed by atoms with E-state index in [-0.39, 0.29) is 5.41 Å². The van der Waals surface area contributed by atoms with E-state index in [0.717, 1.165) is 24.3 Å². The average molecular weight is 187 g/mol. The van der Waals surface area contributed by atoms with Gasteiger partial charge in [-0.3, -0.25) is 0 Å². The largest absolute Gasteiger partial charge is 0.0976 e. The minimum absolute atomic E-state index is 0.283. The van der Waals surface area contributed by atoms with Crippen LogP contribution in [0.25, 0.3) is 0 Å². The minimum Gasteiger partial charge on any atom is -0.0976 e. The van der Waals surface area contributed by atoms with Crippen LogP contribution >= 0.6 is 11.6 Å². The van der Waals surface area contributed by atoms with E-state index < -0.39 is 0 Å². The maximum Gasteiger partial charge on any atom is 0.0365 e. The summed E-state index contributed by atoms with van der Waals surface area (Å²) in [7, 11) is 0. The van der Waals surface area contributed by atoms with Crippen LogP contribution in [-0.2, 0) is 0 Å². The minimum atomic E-state index is 0.283. The first-order valence-corrected chi connectivity index (χ1v) is 5.02. The van der Waals surface area contributed by atoms with Crippen LogP contribution in [0.5, 0.6) is 0 Å². The van der Waals surface area contributed by atoms with Gasteiger partial charge >= 0.3 is 0 Å². The monoisotopic (exact) mass is 186 g/mol. The molecule has 0 spiro atoms. The molecule has 0 bridgehead atoms. The van der Waals surface area contributed by atoms with Crippen LogP contribution in [0.15, 0.2) is 23.8 Å². The third kappa shape index (κ3) is 3.02. The first kappa shape index (κ1) is 11.8. The van der Waals surface area contributed by atoms with Gasteiger partial charge < -0.3 is 0 Å². The van der Waals surface area contributed by atoms with E-state index in [0.29, 0.717) is 0 Å². The molecule has 0 rings (SSSR count). The van der Waals surface area contributed by atoms with Crippen molar-refractivity contribution >= 4 is 11.6 Å². The van der Waals surface area contributed by atoms with E-state index in [1.807, 2.05) is 0 Å². The molecule has 0 heterocycles. The van der Waals surface area contributed by atoms with Crippen LogP contribution in [0.1, 0.15) is 40.0 Å². The molecule has 0 aliphatic rings.